The molecule has 60 valence electrons. The lowest BCUT2D eigenvalue weighted by molar-refractivity contribution is 0.202. The molecule has 1 aliphatic carbocycles. The Bertz CT molecular complexity index is 244. The van der Waals surface area contributed by atoms with Gasteiger partial charge in [-0.1, -0.05) is 5.16 Å². The molecule has 1 aliphatic rings. The van der Waals surface area contributed by atoms with Gasteiger partial charge in [0, 0.05) is 18.6 Å². The topological polar surface area (TPSA) is 46.3 Å². The van der Waals surface area contributed by atoms with Gasteiger partial charge in [0.15, 0.2) is 0 Å². The quantitative estimate of drug-likeness (QED) is 0.648. The van der Waals surface area contributed by atoms with Crippen molar-refractivity contribution >= 4 is 0 Å². The molecule has 0 fully saturated rings. The lowest BCUT2D eigenvalue weighted by Gasteiger charge is -2.17. The summed E-state index contributed by atoms with van der Waals surface area (Å²) in [5.41, 5.74) is 1.22. The van der Waals surface area contributed by atoms with E-state index in [0.717, 1.165) is 25.0 Å². The van der Waals surface area contributed by atoms with Gasteiger partial charge in [-0.15, -0.1) is 0 Å². The van der Waals surface area contributed by atoms with Crippen LogP contribution >= 0.6 is 0 Å². The molecule has 1 atom stereocenters. The molecule has 3 heteroatoms. The Morgan fingerprint density at radius 2 is 2.64 bits per heavy atom. The van der Waals surface area contributed by atoms with Crippen LogP contribution in [0.15, 0.2) is 10.7 Å². The van der Waals surface area contributed by atoms with Gasteiger partial charge in [-0.05, 0) is 18.8 Å². The highest BCUT2D eigenvalue weighted by Gasteiger charge is 2.20. The van der Waals surface area contributed by atoms with E-state index in [1.165, 1.54) is 5.56 Å². The first-order valence-electron chi connectivity index (χ1n) is 3.93. The molecule has 1 aromatic rings. The zero-order valence-electron chi connectivity index (χ0n) is 6.29. The highest BCUT2D eigenvalue weighted by atomic mass is 16.5. The number of aryl methyl sites for hydroxylation is 1. The highest BCUT2D eigenvalue weighted by Crippen LogP contribution is 2.24. The molecular weight excluding hydrogens is 142 g/mol. The fraction of sp³-hybridized carbons (Fsp3) is 0.625. The minimum Gasteiger partial charge on any atom is -0.396 e. The van der Waals surface area contributed by atoms with Gasteiger partial charge < -0.3 is 9.63 Å². The van der Waals surface area contributed by atoms with E-state index in [-0.39, 0.29) is 6.61 Å². The third-order valence-electron chi connectivity index (χ3n) is 2.28. The Kier molecular flexibility index (Phi) is 1.66. The van der Waals surface area contributed by atoms with Gasteiger partial charge in [-0.3, -0.25) is 0 Å². The minimum absolute atomic E-state index is 0.264. The number of rotatable bonds is 1. The molecule has 0 saturated heterocycles. The van der Waals surface area contributed by atoms with E-state index in [2.05, 4.69) is 5.16 Å². The standard InChI is InChI=1S/C8H11NO2/c10-5-6-1-2-7-4-9-11-8(7)3-6/h4,6,10H,1-3,5H2. The largest absolute Gasteiger partial charge is 0.396 e. The van der Waals surface area contributed by atoms with Crippen LogP contribution in [0.5, 0.6) is 0 Å². The van der Waals surface area contributed by atoms with Crippen molar-refractivity contribution in [2.75, 3.05) is 6.61 Å². The third kappa shape index (κ3) is 1.16. The summed E-state index contributed by atoms with van der Waals surface area (Å²) in [5.74, 6) is 1.35. The lowest BCUT2D eigenvalue weighted by atomic mass is 9.89. The van der Waals surface area contributed by atoms with Gasteiger partial charge in [0.25, 0.3) is 0 Å². The maximum atomic E-state index is 8.89. The second-order valence-corrected chi connectivity index (χ2v) is 3.07. The molecule has 1 heterocycles. The monoisotopic (exact) mass is 153 g/mol. The molecule has 0 bridgehead atoms. The fourth-order valence-electron chi connectivity index (χ4n) is 1.54. The van der Waals surface area contributed by atoms with E-state index < -0.39 is 0 Å². The van der Waals surface area contributed by atoms with E-state index >= 15 is 0 Å². The summed E-state index contributed by atoms with van der Waals surface area (Å²) in [5, 5.41) is 12.6. The number of fused-ring (bicyclic) bond motifs is 1. The molecule has 0 saturated carbocycles. The molecule has 11 heavy (non-hydrogen) atoms. The Balaban J connectivity index is 2.18. The second kappa shape index (κ2) is 2.66. The van der Waals surface area contributed by atoms with E-state index in [4.69, 9.17) is 9.63 Å². The van der Waals surface area contributed by atoms with Crippen LogP contribution in [0.2, 0.25) is 0 Å². The second-order valence-electron chi connectivity index (χ2n) is 3.07. The Hall–Kier alpha value is -0.830. The van der Waals surface area contributed by atoms with Crippen LogP contribution in [0.25, 0.3) is 0 Å². The first-order valence-corrected chi connectivity index (χ1v) is 3.93. The van der Waals surface area contributed by atoms with Gasteiger partial charge >= 0.3 is 0 Å². The van der Waals surface area contributed by atoms with Crippen molar-refractivity contribution in [3.8, 4) is 0 Å². The van der Waals surface area contributed by atoms with Crippen molar-refractivity contribution in [3.05, 3.63) is 17.5 Å². The molecule has 1 unspecified atom stereocenters. The summed E-state index contributed by atoms with van der Waals surface area (Å²) >= 11 is 0. The molecular formula is C8H11NO2. The molecule has 2 rings (SSSR count). The molecule has 0 aromatic carbocycles. The Morgan fingerprint density at radius 3 is 3.45 bits per heavy atom. The number of aromatic nitrogens is 1. The van der Waals surface area contributed by atoms with Gasteiger partial charge in [0.1, 0.15) is 5.76 Å². The van der Waals surface area contributed by atoms with E-state index in [1.807, 2.05) is 0 Å². The summed E-state index contributed by atoms with van der Waals surface area (Å²) in [6, 6.07) is 0. The number of hydrogen-bond donors (Lipinski definition) is 1. The van der Waals surface area contributed by atoms with Gasteiger partial charge in [0.05, 0.1) is 6.20 Å². The molecule has 1 N–H and O–H groups in total. The van der Waals surface area contributed by atoms with Crippen molar-refractivity contribution in [3.63, 3.8) is 0 Å². The summed E-state index contributed by atoms with van der Waals surface area (Å²) in [7, 11) is 0. The van der Waals surface area contributed by atoms with Crippen molar-refractivity contribution in [1.82, 2.24) is 5.16 Å². The molecule has 3 nitrogen and oxygen atoms in total. The van der Waals surface area contributed by atoms with Crippen LogP contribution in [-0.2, 0) is 12.8 Å². The molecule has 0 spiro atoms. The molecule has 1 aromatic heterocycles. The average molecular weight is 153 g/mol. The number of nitrogens with zero attached hydrogens (tertiary/aromatic N) is 1. The van der Waals surface area contributed by atoms with Crippen molar-refractivity contribution in [2.24, 2.45) is 5.92 Å². The maximum Gasteiger partial charge on any atom is 0.140 e. The fourth-order valence-corrected chi connectivity index (χ4v) is 1.54. The summed E-state index contributed by atoms with van der Waals surface area (Å²) in [4.78, 5) is 0. The Labute approximate surface area is 65.0 Å². The van der Waals surface area contributed by atoms with Gasteiger partial charge in [-0.2, -0.15) is 0 Å². The predicted molar refractivity (Wildman–Crippen MR) is 39.1 cm³/mol. The van der Waals surface area contributed by atoms with Gasteiger partial charge in [0.2, 0.25) is 0 Å². The summed E-state index contributed by atoms with van der Waals surface area (Å²) in [6.45, 7) is 0.264. The first kappa shape index (κ1) is 6.85. The van der Waals surface area contributed by atoms with Crippen molar-refractivity contribution in [1.29, 1.82) is 0 Å². The zero-order chi connectivity index (χ0) is 7.68. The number of aliphatic hydroxyl groups is 1. The van der Waals surface area contributed by atoms with Gasteiger partial charge in [-0.25, -0.2) is 0 Å². The maximum absolute atomic E-state index is 8.89. The molecule has 0 radical (unpaired) electrons. The molecule has 0 aliphatic heterocycles. The van der Waals surface area contributed by atoms with Crippen LogP contribution in [-0.4, -0.2) is 16.9 Å². The molecule has 0 amide bonds. The van der Waals surface area contributed by atoms with Crippen LogP contribution in [0.1, 0.15) is 17.7 Å². The SMILES string of the molecule is OCC1CCc2cnoc2C1. The normalized spacial score (nSPS) is 23.2. The number of hydrogen-bond acceptors (Lipinski definition) is 3. The van der Waals surface area contributed by atoms with Crippen LogP contribution in [0.3, 0.4) is 0 Å². The third-order valence-corrected chi connectivity index (χ3v) is 2.28. The predicted octanol–water partition coefficient (Wildman–Crippen LogP) is 0.772. The smallest absolute Gasteiger partial charge is 0.140 e. The van der Waals surface area contributed by atoms with E-state index in [9.17, 15) is 0 Å². The summed E-state index contributed by atoms with van der Waals surface area (Å²) in [6.07, 6.45) is 4.70. The highest BCUT2D eigenvalue weighted by molar-refractivity contribution is 5.17. The Morgan fingerprint density at radius 1 is 1.73 bits per heavy atom. The summed E-state index contributed by atoms with van der Waals surface area (Å²) < 4.78 is 5.03. The minimum atomic E-state index is 0.264. The van der Waals surface area contributed by atoms with Crippen LogP contribution < -0.4 is 0 Å². The lowest BCUT2D eigenvalue weighted by Crippen LogP contribution is -2.15. The van der Waals surface area contributed by atoms with E-state index in [1.54, 1.807) is 6.20 Å². The van der Waals surface area contributed by atoms with Crippen LogP contribution in [0, 0.1) is 5.92 Å². The van der Waals surface area contributed by atoms with Crippen molar-refractivity contribution in [2.45, 2.75) is 19.3 Å². The average Bonchev–Trinajstić information content (AvgIpc) is 2.50. The zero-order valence-corrected chi connectivity index (χ0v) is 6.29. The van der Waals surface area contributed by atoms with E-state index in [0.29, 0.717) is 5.92 Å². The van der Waals surface area contributed by atoms with Crippen LogP contribution in [0.4, 0.5) is 0 Å². The number of aliphatic hydroxyl groups excluding tert-OH is 1. The first-order chi connectivity index (χ1) is 5.40. The van der Waals surface area contributed by atoms with Crippen molar-refractivity contribution < 1.29 is 9.63 Å².